The van der Waals surface area contributed by atoms with Crippen molar-refractivity contribution in [2.45, 2.75) is 18.8 Å². The standard InChI is InChI=1S/C25H21NO5/c1-15(27)16-7-9-21(29-2)17(11-16)13-25(18-8-10-22-23(12-18)31-14-30-22)19-5-3-4-6-20(19)26-24(25)28/h3-12H,13-14H2,1-2H3,(H,26,28). The number of hydrogen-bond donors (Lipinski definition) is 1. The number of carbonyl (C=O) groups excluding carboxylic acids is 2. The van der Waals surface area contributed by atoms with Crippen molar-refractivity contribution in [2.24, 2.45) is 0 Å². The van der Waals surface area contributed by atoms with Crippen molar-refractivity contribution in [3.05, 3.63) is 82.9 Å². The number of ketones is 1. The molecular formula is C25H21NO5. The quantitative estimate of drug-likeness (QED) is 0.635. The van der Waals surface area contributed by atoms with Crippen molar-refractivity contribution in [1.82, 2.24) is 0 Å². The first kappa shape index (κ1) is 19.2. The first-order valence-electron chi connectivity index (χ1n) is 10.0. The highest BCUT2D eigenvalue weighted by molar-refractivity contribution is 6.09. The molecule has 1 N–H and O–H groups in total. The summed E-state index contributed by atoms with van der Waals surface area (Å²) in [7, 11) is 1.59. The smallest absolute Gasteiger partial charge is 0.239 e. The number of hydrogen-bond acceptors (Lipinski definition) is 5. The van der Waals surface area contributed by atoms with Crippen LogP contribution < -0.4 is 19.5 Å². The van der Waals surface area contributed by atoms with Crippen LogP contribution in [0.2, 0.25) is 0 Å². The number of anilines is 1. The Hall–Kier alpha value is -3.80. The maximum Gasteiger partial charge on any atom is 0.239 e. The maximum absolute atomic E-state index is 13.6. The minimum Gasteiger partial charge on any atom is -0.496 e. The molecule has 6 nitrogen and oxygen atoms in total. The van der Waals surface area contributed by atoms with Gasteiger partial charge in [0.15, 0.2) is 17.3 Å². The molecule has 0 spiro atoms. The lowest BCUT2D eigenvalue weighted by Gasteiger charge is -2.29. The number of amides is 1. The van der Waals surface area contributed by atoms with Gasteiger partial charge in [0.05, 0.1) is 7.11 Å². The van der Waals surface area contributed by atoms with Crippen molar-refractivity contribution >= 4 is 17.4 Å². The molecule has 0 fully saturated rings. The van der Waals surface area contributed by atoms with Crippen molar-refractivity contribution in [3.63, 3.8) is 0 Å². The third kappa shape index (κ3) is 2.94. The van der Waals surface area contributed by atoms with E-state index in [0.29, 0.717) is 29.2 Å². The molecule has 1 amide bonds. The SMILES string of the molecule is COc1ccc(C(C)=O)cc1CC1(c2ccc3c(c2)OCO3)C(=O)Nc2ccccc21. The Morgan fingerprint density at radius 3 is 2.68 bits per heavy atom. The van der Waals surface area contributed by atoms with Gasteiger partial charge in [0.1, 0.15) is 11.2 Å². The summed E-state index contributed by atoms with van der Waals surface area (Å²) in [6, 6.07) is 18.6. The molecule has 1 atom stereocenters. The van der Waals surface area contributed by atoms with E-state index in [1.165, 1.54) is 6.92 Å². The van der Waals surface area contributed by atoms with E-state index in [1.54, 1.807) is 19.2 Å². The van der Waals surface area contributed by atoms with Crippen LogP contribution in [0.1, 0.15) is 34.0 Å². The third-order valence-electron chi connectivity index (χ3n) is 6.03. The Labute approximate surface area is 179 Å². The molecule has 156 valence electrons. The van der Waals surface area contributed by atoms with Gasteiger partial charge in [-0.2, -0.15) is 0 Å². The molecule has 5 rings (SSSR count). The summed E-state index contributed by atoms with van der Waals surface area (Å²) < 4.78 is 16.6. The normalized spacial score (nSPS) is 18.5. The lowest BCUT2D eigenvalue weighted by atomic mass is 9.71. The fourth-order valence-corrected chi connectivity index (χ4v) is 4.46. The van der Waals surface area contributed by atoms with Gasteiger partial charge < -0.3 is 19.5 Å². The zero-order valence-electron chi connectivity index (χ0n) is 17.2. The largest absolute Gasteiger partial charge is 0.496 e. The molecule has 3 aromatic carbocycles. The number of methoxy groups -OCH3 is 1. The topological polar surface area (TPSA) is 73.9 Å². The number of carbonyl (C=O) groups is 2. The fourth-order valence-electron chi connectivity index (χ4n) is 4.46. The predicted molar refractivity (Wildman–Crippen MR) is 115 cm³/mol. The van der Waals surface area contributed by atoms with E-state index >= 15 is 0 Å². The highest BCUT2D eigenvalue weighted by Crippen LogP contribution is 2.48. The molecule has 0 bridgehead atoms. The molecule has 1 unspecified atom stereocenters. The monoisotopic (exact) mass is 415 g/mol. The molecule has 0 aliphatic carbocycles. The zero-order valence-corrected chi connectivity index (χ0v) is 17.2. The van der Waals surface area contributed by atoms with Crippen molar-refractivity contribution in [2.75, 3.05) is 19.2 Å². The van der Waals surface area contributed by atoms with E-state index in [-0.39, 0.29) is 18.5 Å². The summed E-state index contributed by atoms with van der Waals surface area (Å²) in [6.45, 7) is 1.68. The summed E-state index contributed by atoms with van der Waals surface area (Å²) in [5.74, 6) is 1.71. The first-order valence-corrected chi connectivity index (χ1v) is 10.0. The maximum atomic E-state index is 13.6. The minimum atomic E-state index is -1.01. The number of rotatable bonds is 5. The molecule has 0 saturated carbocycles. The van der Waals surface area contributed by atoms with E-state index in [2.05, 4.69) is 5.32 Å². The van der Waals surface area contributed by atoms with Crippen LogP contribution in [0.5, 0.6) is 17.2 Å². The summed E-state index contributed by atoms with van der Waals surface area (Å²) in [5.41, 5.74) is 2.76. The molecular weight excluding hydrogens is 394 g/mol. The number of nitrogens with one attached hydrogen (secondary N) is 1. The first-order chi connectivity index (χ1) is 15.0. The molecule has 6 heteroatoms. The van der Waals surface area contributed by atoms with Gasteiger partial charge in [-0.15, -0.1) is 0 Å². The van der Waals surface area contributed by atoms with Crippen LogP contribution in [0.4, 0.5) is 5.69 Å². The second-order valence-electron chi connectivity index (χ2n) is 7.73. The van der Waals surface area contributed by atoms with Crippen LogP contribution in [0.25, 0.3) is 0 Å². The number of fused-ring (bicyclic) bond motifs is 2. The van der Waals surface area contributed by atoms with Crippen LogP contribution in [0.15, 0.2) is 60.7 Å². The van der Waals surface area contributed by atoms with Crippen LogP contribution in [0, 0.1) is 0 Å². The third-order valence-corrected chi connectivity index (χ3v) is 6.03. The number of benzene rings is 3. The Morgan fingerprint density at radius 2 is 1.87 bits per heavy atom. The molecule has 2 aliphatic heterocycles. The van der Waals surface area contributed by atoms with Gasteiger partial charge in [0.2, 0.25) is 12.7 Å². The Kier molecular flexibility index (Phi) is 4.43. The lowest BCUT2D eigenvalue weighted by molar-refractivity contribution is -0.119. The Morgan fingerprint density at radius 1 is 1.06 bits per heavy atom. The van der Waals surface area contributed by atoms with Gasteiger partial charge >= 0.3 is 0 Å². The molecule has 0 radical (unpaired) electrons. The average Bonchev–Trinajstić information content (AvgIpc) is 3.36. The zero-order chi connectivity index (χ0) is 21.6. The predicted octanol–water partition coefficient (Wildman–Crippen LogP) is 4.11. The summed E-state index contributed by atoms with van der Waals surface area (Å²) in [4.78, 5) is 25.6. The fraction of sp³-hybridized carbons (Fsp3) is 0.200. The molecule has 3 aromatic rings. The molecule has 2 aliphatic rings. The van der Waals surface area contributed by atoms with Crippen molar-refractivity contribution < 1.29 is 23.8 Å². The second kappa shape index (κ2) is 7.16. The van der Waals surface area contributed by atoms with Crippen LogP contribution in [0.3, 0.4) is 0 Å². The summed E-state index contributed by atoms with van der Waals surface area (Å²) in [5, 5.41) is 3.03. The Balaban J connectivity index is 1.73. The van der Waals surface area contributed by atoms with E-state index in [9.17, 15) is 9.59 Å². The van der Waals surface area contributed by atoms with Crippen molar-refractivity contribution in [3.8, 4) is 17.2 Å². The number of para-hydroxylation sites is 1. The second-order valence-corrected chi connectivity index (χ2v) is 7.73. The molecule has 0 aromatic heterocycles. The van der Waals surface area contributed by atoms with Gasteiger partial charge in [-0.1, -0.05) is 24.3 Å². The summed E-state index contributed by atoms with van der Waals surface area (Å²) >= 11 is 0. The van der Waals surface area contributed by atoms with Gasteiger partial charge in [-0.25, -0.2) is 0 Å². The molecule has 0 saturated heterocycles. The van der Waals surface area contributed by atoms with Crippen LogP contribution in [-0.2, 0) is 16.6 Å². The van der Waals surface area contributed by atoms with Gasteiger partial charge in [-0.05, 0) is 66.4 Å². The van der Waals surface area contributed by atoms with Gasteiger partial charge in [-0.3, -0.25) is 9.59 Å². The number of ether oxygens (including phenoxy) is 3. The minimum absolute atomic E-state index is 0.0442. The van der Waals surface area contributed by atoms with Gasteiger partial charge in [0.25, 0.3) is 0 Å². The lowest BCUT2D eigenvalue weighted by Crippen LogP contribution is -2.38. The molecule has 2 heterocycles. The van der Waals surface area contributed by atoms with Crippen molar-refractivity contribution in [1.29, 1.82) is 0 Å². The van der Waals surface area contributed by atoms with Gasteiger partial charge in [0, 0.05) is 11.3 Å². The van der Waals surface area contributed by atoms with E-state index in [1.807, 2.05) is 48.5 Å². The number of Topliss-reactive ketones (excluding diaryl/α,β-unsaturated/α-hetero) is 1. The van der Waals surface area contributed by atoms with E-state index < -0.39 is 5.41 Å². The highest BCUT2D eigenvalue weighted by atomic mass is 16.7. The van der Waals surface area contributed by atoms with E-state index in [0.717, 1.165) is 22.4 Å². The Bertz CT molecular complexity index is 1220. The average molecular weight is 415 g/mol. The van der Waals surface area contributed by atoms with Crippen LogP contribution >= 0.6 is 0 Å². The van der Waals surface area contributed by atoms with Crippen LogP contribution in [-0.4, -0.2) is 25.6 Å². The molecule has 31 heavy (non-hydrogen) atoms. The van der Waals surface area contributed by atoms with E-state index in [4.69, 9.17) is 14.2 Å². The highest BCUT2D eigenvalue weighted by Gasteiger charge is 2.49. The summed E-state index contributed by atoms with van der Waals surface area (Å²) in [6.07, 6.45) is 0.319.